The van der Waals surface area contributed by atoms with Crippen LogP contribution in [0.25, 0.3) is 0 Å². The number of piperidine rings is 1. The number of hydrogen-bond acceptors (Lipinski definition) is 3. The number of carbonyl (C=O) groups is 1. The lowest BCUT2D eigenvalue weighted by atomic mass is 9.85. The predicted molar refractivity (Wildman–Crippen MR) is 96.8 cm³/mol. The lowest BCUT2D eigenvalue weighted by Crippen LogP contribution is -2.48. The summed E-state index contributed by atoms with van der Waals surface area (Å²) in [5.41, 5.74) is 0.400. The van der Waals surface area contributed by atoms with Gasteiger partial charge in [0.05, 0.1) is 6.10 Å². The fourth-order valence-corrected chi connectivity index (χ4v) is 3.57. The van der Waals surface area contributed by atoms with E-state index in [0.717, 1.165) is 32.4 Å². The molecule has 2 amide bonds. The Morgan fingerprint density at radius 3 is 2.92 bits per heavy atom. The smallest absolute Gasteiger partial charge is 0.317 e. The summed E-state index contributed by atoms with van der Waals surface area (Å²) in [6, 6.07) is 6.05. The van der Waals surface area contributed by atoms with E-state index in [2.05, 4.69) is 24.5 Å². The third-order valence-corrected chi connectivity index (χ3v) is 4.83. The predicted octanol–water partition coefficient (Wildman–Crippen LogP) is 2.67. The quantitative estimate of drug-likeness (QED) is 0.738. The van der Waals surface area contributed by atoms with Crippen LogP contribution in [0.2, 0.25) is 0 Å². The van der Waals surface area contributed by atoms with Gasteiger partial charge in [-0.2, -0.15) is 0 Å². The third kappa shape index (κ3) is 5.97. The van der Waals surface area contributed by atoms with E-state index < -0.39 is 6.10 Å². The summed E-state index contributed by atoms with van der Waals surface area (Å²) in [6.45, 7) is 6.14. The minimum absolute atomic E-state index is 0.0167. The molecule has 1 unspecified atom stereocenters. The van der Waals surface area contributed by atoms with E-state index in [4.69, 9.17) is 0 Å². The molecule has 0 aromatic heterocycles. The molecule has 6 heteroatoms. The SMILES string of the molecule is CNC(=O)N1CCC[C@@H](CC(C)(C)NCC(O)c2cccc(F)c2)C1. The minimum Gasteiger partial charge on any atom is -0.387 e. The highest BCUT2D eigenvalue weighted by Crippen LogP contribution is 2.26. The molecule has 0 saturated carbocycles. The van der Waals surface area contributed by atoms with Crippen molar-refractivity contribution in [1.29, 1.82) is 0 Å². The van der Waals surface area contributed by atoms with Crippen LogP contribution in [-0.4, -0.2) is 48.3 Å². The number of rotatable bonds is 6. The zero-order chi connectivity index (χ0) is 18.4. The summed E-state index contributed by atoms with van der Waals surface area (Å²) in [5.74, 6) is 0.0900. The molecule has 1 saturated heterocycles. The van der Waals surface area contributed by atoms with E-state index in [1.165, 1.54) is 12.1 Å². The lowest BCUT2D eigenvalue weighted by Gasteiger charge is -2.37. The van der Waals surface area contributed by atoms with Gasteiger partial charge < -0.3 is 20.6 Å². The van der Waals surface area contributed by atoms with E-state index in [1.807, 2.05) is 4.90 Å². The minimum atomic E-state index is -0.747. The number of benzene rings is 1. The van der Waals surface area contributed by atoms with E-state index >= 15 is 0 Å². The number of nitrogens with zero attached hydrogens (tertiary/aromatic N) is 1. The summed E-state index contributed by atoms with van der Waals surface area (Å²) < 4.78 is 13.3. The maximum absolute atomic E-state index is 13.3. The van der Waals surface area contributed by atoms with Gasteiger partial charge in [0.1, 0.15) is 5.82 Å². The van der Waals surface area contributed by atoms with Crippen LogP contribution in [0.1, 0.15) is 44.8 Å². The van der Waals surface area contributed by atoms with Gasteiger partial charge >= 0.3 is 6.03 Å². The topological polar surface area (TPSA) is 64.6 Å². The highest BCUT2D eigenvalue weighted by molar-refractivity contribution is 5.73. The number of halogens is 1. The van der Waals surface area contributed by atoms with Crippen molar-refractivity contribution in [3.05, 3.63) is 35.6 Å². The van der Waals surface area contributed by atoms with Crippen LogP contribution < -0.4 is 10.6 Å². The first kappa shape index (κ1) is 19.7. The zero-order valence-electron chi connectivity index (χ0n) is 15.4. The number of amides is 2. The Morgan fingerprint density at radius 2 is 2.24 bits per heavy atom. The molecular weight excluding hydrogens is 321 g/mol. The Bertz CT molecular complexity index is 580. The van der Waals surface area contributed by atoms with Gasteiger partial charge in [-0.3, -0.25) is 0 Å². The highest BCUT2D eigenvalue weighted by Gasteiger charge is 2.29. The molecule has 2 atom stereocenters. The molecule has 25 heavy (non-hydrogen) atoms. The fraction of sp³-hybridized carbons (Fsp3) is 0.632. The second kappa shape index (κ2) is 8.63. The van der Waals surface area contributed by atoms with Crippen LogP contribution >= 0.6 is 0 Å². The normalized spacial score (nSPS) is 19.6. The molecule has 0 aliphatic carbocycles. The molecule has 1 aliphatic heterocycles. The number of hydrogen-bond donors (Lipinski definition) is 3. The fourth-order valence-electron chi connectivity index (χ4n) is 3.57. The lowest BCUT2D eigenvalue weighted by molar-refractivity contribution is 0.134. The number of likely N-dealkylation sites (tertiary alicyclic amines) is 1. The van der Waals surface area contributed by atoms with Crippen LogP contribution in [0.3, 0.4) is 0 Å². The van der Waals surface area contributed by atoms with Gasteiger partial charge in [-0.05, 0) is 56.7 Å². The van der Waals surface area contributed by atoms with Crippen LogP contribution in [0, 0.1) is 11.7 Å². The molecule has 0 bridgehead atoms. The Morgan fingerprint density at radius 1 is 1.48 bits per heavy atom. The number of aliphatic hydroxyl groups excluding tert-OH is 1. The molecule has 2 rings (SSSR count). The summed E-state index contributed by atoms with van der Waals surface area (Å²) in [6.07, 6.45) is 2.28. The maximum Gasteiger partial charge on any atom is 0.317 e. The monoisotopic (exact) mass is 351 g/mol. The van der Waals surface area contributed by atoms with Crippen molar-refractivity contribution in [2.45, 2.75) is 44.8 Å². The van der Waals surface area contributed by atoms with Crippen molar-refractivity contribution < 1.29 is 14.3 Å². The van der Waals surface area contributed by atoms with Crippen molar-refractivity contribution in [3.8, 4) is 0 Å². The molecule has 1 aliphatic rings. The number of β-amino-alcohol motifs (C(OH)–C–C–N with tert-alkyl or cyclic N) is 1. The molecule has 1 aromatic carbocycles. The first-order valence-corrected chi connectivity index (χ1v) is 8.96. The molecule has 0 spiro atoms. The van der Waals surface area contributed by atoms with Gasteiger partial charge in [0.15, 0.2) is 0 Å². The Kier molecular flexibility index (Phi) is 6.79. The van der Waals surface area contributed by atoms with Crippen molar-refractivity contribution in [1.82, 2.24) is 15.5 Å². The maximum atomic E-state index is 13.3. The van der Waals surface area contributed by atoms with Crippen LogP contribution in [0.5, 0.6) is 0 Å². The first-order chi connectivity index (χ1) is 11.8. The van der Waals surface area contributed by atoms with Gasteiger partial charge in [0.25, 0.3) is 0 Å². The zero-order valence-corrected chi connectivity index (χ0v) is 15.4. The summed E-state index contributed by atoms with van der Waals surface area (Å²) in [4.78, 5) is 13.7. The molecule has 3 N–H and O–H groups in total. The molecule has 0 radical (unpaired) electrons. The van der Waals surface area contributed by atoms with Gasteiger partial charge in [0.2, 0.25) is 0 Å². The van der Waals surface area contributed by atoms with Gasteiger partial charge in [0, 0.05) is 32.2 Å². The van der Waals surface area contributed by atoms with E-state index in [-0.39, 0.29) is 17.4 Å². The molecular formula is C19H30FN3O2. The average molecular weight is 351 g/mol. The van der Waals surface area contributed by atoms with Crippen molar-refractivity contribution in [3.63, 3.8) is 0 Å². The van der Waals surface area contributed by atoms with Gasteiger partial charge in [-0.25, -0.2) is 9.18 Å². The highest BCUT2D eigenvalue weighted by atomic mass is 19.1. The molecule has 1 heterocycles. The summed E-state index contributed by atoms with van der Waals surface area (Å²) in [5, 5.41) is 16.3. The van der Waals surface area contributed by atoms with Crippen LogP contribution in [0.4, 0.5) is 9.18 Å². The Balaban J connectivity index is 1.85. The van der Waals surface area contributed by atoms with Gasteiger partial charge in [-0.15, -0.1) is 0 Å². The second-order valence-corrected chi connectivity index (χ2v) is 7.55. The molecule has 1 aromatic rings. The van der Waals surface area contributed by atoms with E-state index in [9.17, 15) is 14.3 Å². The van der Waals surface area contributed by atoms with Gasteiger partial charge in [-0.1, -0.05) is 12.1 Å². The molecule has 1 fully saturated rings. The van der Waals surface area contributed by atoms with Crippen LogP contribution in [-0.2, 0) is 0 Å². The first-order valence-electron chi connectivity index (χ1n) is 8.96. The molecule has 140 valence electrons. The average Bonchev–Trinajstić information content (AvgIpc) is 2.59. The second-order valence-electron chi connectivity index (χ2n) is 7.55. The number of carbonyl (C=O) groups excluding carboxylic acids is 1. The van der Waals surface area contributed by atoms with E-state index in [1.54, 1.807) is 19.2 Å². The van der Waals surface area contributed by atoms with Crippen molar-refractivity contribution >= 4 is 6.03 Å². The summed E-state index contributed by atoms with van der Waals surface area (Å²) in [7, 11) is 1.66. The number of urea groups is 1. The Labute approximate surface area is 149 Å². The van der Waals surface area contributed by atoms with Crippen molar-refractivity contribution in [2.24, 2.45) is 5.92 Å². The Hall–Kier alpha value is -1.66. The van der Waals surface area contributed by atoms with Crippen LogP contribution in [0.15, 0.2) is 24.3 Å². The van der Waals surface area contributed by atoms with E-state index in [0.29, 0.717) is 18.0 Å². The summed E-state index contributed by atoms with van der Waals surface area (Å²) >= 11 is 0. The number of nitrogens with one attached hydrogen (secondary N) is 2. The standard InChI is InChI=1S/C19H30FN3O2/c1-19(2,11-14-6-5-9-23(13-14)18(25)21-3)22-12-17(24)15-7-4-8-16(20)10-15/h4,7-8,10,14,17,22,24H,5-6,9,11-13H2,1-3H3,(H,21,25)/t14-,17?/m0/s1. The molecule has 5 nitrogen and oxygen atoms in total. The third-order valence-electron chi connectivity index (χ3n) is 4.83. The van der Waals surface area contributed by atoms with Crippen molar-refractivity contribution in [2.75, 3.05) is 26.7 Å². The number of aliphatic hydroxyl groups is 1. The largest absolute Gasteiger partial charge is 0.387 e.